The van der Waals surface area contributed by atoms with E-state index in [1.807, 2.05) is 12.1 Å². The van der Waals surface area contributed by atoms with Crippen LogP contribution in [-0.2, 0) is 12.8 Å². The zero-order valence-electron chi connectivity index (χ0n) is 14.6. The standard InChI is InChI=1S/C20H20N4O2/c1-2-12-3-4-17-14(9-12)10-15(19(25)23-17)20(26)24-18-16-11-21-7-5-13(16)6-8-22-18/h5-8,10-12H,2-4,9H2,1H3,(H,23,25)(H,22,24,26)/t12-/m0/s1. The van der Waals surface area contributed by atoms with Gasteiger partial charge in [0.25, 0.3) is 11.5 Å². The molecule has 4 rings (SSSR count). The number of amides is 1. The van der Waals surface area contributed by atoms with Crippen molar-refractivity contribution in [1.29, 1.82) is 0 Å². The summed E-state index contributed by atoms with van der Waals surface area (Å²) in [5.41, 5.74) is 1.81. The van der Waals surface area contributed by atoms with Gasteiger partial charge in [0.05, 0.1) is 0 Å². The van der Waals surface area contributed by atoms with Gasteiger partial charge >= 0.3 is 0 Å². The van der Waals surface area contributed by atoms with Gasteiger partial charge in [-0.3, -0.25) is 14.6 Å². The van der Waals surface area contributed by atoms with Crippen LogP contribution in [0.4, 0.5) is 5.82 Å². The van der Waals surface area contributed by atoms with E-state index in [1.54, 1.807) is 24.7 Å². The van der Waals surface area contributed by atoms with Crippen LogP contribution in [0.3, 0.4) is 0 Å². The lowest BCUT2D eigenvalue weighted by molar-refractivity contribution is 0.102. The second-order valence-electron chi connectivity index (χ2n) is 6.74. The molecule has 0 saturated carbocycles. The number of hydrogen-bond acceptors (Lipinski definition) is 4. The molecule has 3 heterocycles. The van der Waals surface area contributed by atoms with Crippen molar-refractivity contribution in [3.63, 3.8) is 0 Å². The van der Waals surface area contributed by atoms with E-state index in [0.717, 1.165) is 47.7 Å². The summed E-state index contributed by atoms with van der Waals surface area (Å²) >= 11 is 0. The maximum Gasteiger partial charge on any atom is 0.262 e. The molecule has 0 unspecified atom stereocenters. The highest BCUT2D eigenvalue weighted by atomic mass is 16.2. The molecule has 3 aromatic rings. The Bertz CT molecular complexity index is 1040. The molecular weight excluding hydrogens is 328 g/mol. The van der Waals surface area contributed by atoms with Crippen molar-refractivity contribution in [2.24, 2.45) is 5.92 Å². The van der Waals surface area contributed by atoms with E-state index in [9.17, 15) is 9.59 Å². The van der Waals surface area contributed by atoms with Gasteiger partial charge < -0.3 is 10.3 Å². The summed E-state index contributed by atoms with van der Waals surface area (Å²) in [5, 5.41) is 4.43. The van der Waals surface area contributed by atoms with Crippen LogP contribution in [0.2, 0.25) is 0 Å². The van der Waals surface area contributed by atoms with Gasteiger partial charge in [-0.05, 0) is 54.3 Å². The minimum Gasteiger partial charge on any atom is -0.325 e. The van der Waals surface area contributed by atoms with Crippen LogP contribution in [0, 0.1) is 5.92 Å². The van der Waals surface area contributed by atoms with Gasteiger partial charge in [-0.15, -0.1) is 0 Å². The molecule has 3 aromatic heterocycles. The highest BCUT2D eigenvalue weighted by Crippen LogP contribution is 2.26. The van der Waals surface area contributed by atoms with Gasteiger partial charge in [-0.25, -0.2) is 4.98 Å². The first kappa shape index (κ1) is 16.4. The Morgan fingerprint density at radius 3 is 3.04 bits per heavy atom. The zero-order valence-corrected chi connectivity index (χ0v) is 14.6. The van der Waals surface area contributed by atoms with Gasteiger partial charge in [0.15, 0.2) is 0 Å². The number of carbonyl (C=O) groups is 1. The number of aryl methyl sites for hydroxylation is 1. The average molecular weight is 348 g/mol. The largest absolute Gasteiger partial charge is 0.325 e. The average Bonchev–Trinajstić information content (AvgIpc) is 2.67. The number of aromatic amines is 1. The number of fused-ring (bicyclic) bond motifs is 2. The third-order valence-electron chi connectivity index (χ3n) is 5.15. The van der Waals surface area contributed by atoms with Crippen molar-refractivity contribution in [1.82, 2.24) is 15.0 Å². The Morgan fingerprint density at radius 1 is 1.35 bits per heavy atom. The van der Waals surface area contributed by atoms with Crippen LogP contribution >= 0.6 is 0 Å². The number of anilines is 1. The Kier molecular flexibility index (Phi) is 4.24. The molecule has 0 spiro atoms. The molecule has 6 heteroatoms. The highest BCUT2D eigenvalue weighted by Gasteiger charge is 2.22. The molecule has 0 radical (unpaired) electrons. The van der Waals surface area contributed by atoms with Gasteiger partial charge in [-0.1, -0.05) is 13.3 Å². The van der Waals surface area contributed by atoms with Gasteiger partial charge in [-0.2, -0.15) is 0 Å². The van der Waals surface area contributed by atoms with E-state index in [2.05, 4.69) is 27.2 Å². The van der Waals surface area contributed by atoms with E-state index >= 15 is 0 Å². The van der Waals surface area contributed by atoms with Crippen LogP contribution in [0.15, 0.2) is 41.6 Å². The van der Waals surface area contributed by atoms with E-state index < -0.39 is 5.91 Å². The summed E-state index contributed by atoms with van der Waals surface area (Å²) in [6, 6.07) is 5.45. The molecule has 1 aliphatic carbocycles. The number of carbonyl (C=O) groups excluding carboxylic acids is 1. The third kappa shape index (κ3) is 2.98. The number of nitrogens with zero attached hydrogens (tertiary/aromatic N) is 2. The summed E-state index contributed by atoms with van der Waals surface area (Å²) < 4.78 is 0. The van der Waals surface area contributed by atoms with Crippen LogP contribution < -0.4 is 10.9 Å². The second kappa shape index (κ2) is 6.71. The predicted octanol–water partition coefficient (Wildman–Crippen LogP) is 3.09. The smallest absolute Gasteiger partial charge is 0.262 e. The molecule has 132 valence electrons. The molecule has 0 bridgehead atoms. The molecule has 0 aliphatic heterocycles. The minimum absolute atomic E-state index is 0.128. The fraction of sp³-hybridized carbons (Fsp3) is 0.300. The molecule has 2 N–H and O–H groups in total. The maximum absolute atomic E-state index is 12.7. The highest BCUT2D eigenvalue weighted by molar-refractivity contribution is 6.07. The quantitative estimate of drug-likeness (QED) is 0.761. The number of rotatable bonds is 3. The Morgan fingerprint density at radius 2 is 2.19 bits per heavy atom. The lowest BCUT2D eigenvalue weighted by atomic mass is 9.84. The van der Waals surface area contributed by atoms with Crippen molar-refractivity contribution < 1.29 is 4.79 Å². The van der Waals surface area contributed by atoms with Crippen molar-refractivity contribution in [3.8, 4) is 0 Å². The Hall–Kier alpha value is -3.02. The molecular formula is C20H20N4O2. The minimum atomic E-state index is -0.448. The molecule has 6 nitrogen and oxygen atoms in total. The molecule has 1 amide bonds. The molecule has 26 heavy (non-hydrogen) atoms. The first-order valence-electron chi connectivity index (χ1n) is 8.91. The molecule has 0 saturated heterocycles. The summed E-state index contributed by atoms with van der Waals surface area (Å²) in [6.45, 7) is 2.18. The number of nitrogens with one attached hydrogen (secondary N) is 2. The van der Waals surface area contributed by atoms with E-state index in [0.29, 0.717) is 11.7 Å². The van der Waals surface area contributed by atoms with Crippen molar-refractivity contribution in [2.45, 2.75) is 32.6 Å². The number of H-pyrrole nitrogens is 1. The number of hydrogen-bond donors (Lipinski definition) is 2. The molecule has 1 aliphatic rings. The fourth-order valence-electron chi connectivity index (χ4n) is 3.58. The SMILES string of the molecule is CC[C@H]1CCc2[nH]c(=O)c(C(=O)Nc3nccc4ccncc34)cc2C1. The topological polar surface area (TPSA) is 87.7 Å². The Balaban J connectivity index is 1.67. The summed E-state index contributed by atoms with van der Waals surface area (Å²) in [5.74, 6) is 0.566. The van der Waals surface area contributed by atoms with Crippen molar-refractivity contribution in [2.75, 3.05) is 5.32 Å². The first-order chi connectivity index (χ1) is 12.7. The Labute approximate surface area is 150 Å². The van der Waals surface area contributed by atoms with Gasteiger partial charge in [0.2, 0.25) is 0 Å². The maximum atomic E-state index is 12.7. The molecule has 0 fully saturated rings. The van der Waals surface area contributed by atoms with Crippen LogP contribution in [0.1, 0.15) is 41.4 Å². The number of aromatic nitrogens is 3. The van der Waals surface area contributed by atoms with Crippen molar-refractivity contribution in [3.05, 3.63) is 64.0 Å². The van der Waals surface area contributed by atoms with Crippen molar-refractivity contribution >= 4 is 22.5 Å². The van der Waals surface area contributed by atoms with Crippen LogP contribution in [0.25, 0.3) is 10.8 Å². The summed E-state index contributed by atoms with van der Waals surface area (Å²) in [6.07, 6.45) is 8.92. The monoisotopic (exact) mass is 348 g/mol. The molecule has 0 aromatic carbocycles. The lowest BCUT2D eigenvalue weighted by Crippen LogP contribution is -2.27. The van der Waals surface area contributed by atoms with Crippen LogP contribution in [0.5, 0.6) is 0 Å². The third-order valence-corrected chi connectivity index (χ3v) is 5.15. The summed E-state index contributed by atoms with van der Waals surface area (Å²) in [4.78, 5) is 36.3. The summed E-state index contributed by atoms with van der Waals surface area (Å²) in [7, 11) is 0. The molecule has 1 atom stereocenters. The van der Waals surface area contributed by atoms with Gasteiger partial charge in [0.1, 0.15) is 11.4 Å². The van der Waals surface area contributed by atoms with E-state index in [4.69, 9.17) is 0 Å². The first-order valence-corrected chi connectivity index (χ1v) is 8.91. The van der Waals surface area contributed by atoms with Crippen LogP contribution in [-0.4, -0.2) is 20.9 Å². The van der Waals surface area contributed by atoms with E-state index in [1.165, 1.54) is 0 Å². The lowest BCUT2D eigenvalue weighted by Gasteiger charge is -2.23. The van der Waals surface area contributed by atoms with Gasteiger partial charge in [0, 0.05) is 29.7 Å². The fourth-order valence-corrected chi connectivity index (χ4v) is 3.58. The predicted molar refractivity (Wildman–Crippen MR) is 100 cm³/mol. The zero-order chi connectivity index (χ0) is 18.1. The second-order valence-corrected chi connectivity index (χ2v) is 6.74. The number of pyridine rings is 3. The van der Waals surface area contributed by atoms with E-state index in [-0.39, 0.29) is 11.1 Å². The normalized spacial score (nSPS) is 16.3.